The topological polar surface area (TPSA) is 20.2 Å². The molecule has 0 spiro atoms. The van der Waals surface area contributed by atoms with Crippen molar-refractivity contribution in [3.8, 4) is 0 Å². The Hall–Kier alpha value is -0.230. The molecule has 0 aliphatic carbocycles. The Morgan fingerprint density at radius 2 is 1.63 bits per heavy atom. The highest BCUT2D eigenvalue weighted by Gasteiger charge is 2.14. The van der Waals surface area contributed by atoms with Crippen molar-refractivity contribution in [2.24, 2.45) is 0 Å². The first-order valence-corrected chi connectivity index (χ1v) is 7.92. The van der Waals surface area contributed by atoms with Gasteiger partial charge in [0.15, 0.2) is 0 Å². The molecule has 5 heteroatoms. The fourth-order valence-electron chi connectivity index (χ4n) is 1.79. The molecule has 2 aromatic carbocycles. The Morgan fingerprint density at radius 1 is 1.00 bits per heavy atom. The number of aliphatic hydroxyl groups is 1. The lowest BCUT2D eigenvalue weighted by Gasteiger charge is -2.14. The third-order valence-electron chi connectivity index (χ3n) is 2.74. The van der Waals surface area contributed by atoms with E-state index in [0.29, 0.717) is 5.56 Å². The van der Waals surface area contributed by atoms with Crippen molar-refractivity contribution in [2.75, 3.05) is 0 Å². The number of halogens is 4. The third-order valence-corrected chi connectivity index (χ3v) is 4.42. The number of rotatable bonds is 3. The smallest absolute Gasteiger partial charge is 0.126 e. The summed E-state index contributed by atoms with van der Waals surface area (Å²) in [5.41, 5.74) is 1.22. The maximum Gasteiger partial charge on any atom is 0.126 e. The Balaban J connectivity index is 2.25. The summed E-state index contributed by atoms with van der Waals surface area (Å²) >= 11 is 10.1. The van der Waals surface area contributed by atoms with E-state index in [1.165, 1.54) is 6.07 Å². The third kappa shape index (κ3) is 3.88. The molecule has 1 atom stereocenters. The highest BCUT2D eigenvalue weighted by molar-refractivity contribution is 9.11. The van der Waals surface area contributed by atoms with Gasteiger partial charge in [-0.15, -0.1) is 0 Å². The summed E-state index contributed by atoms with van der Waals surface area (Å²) in [4.78, 5) is 0. The molecule has 0 aromatic heterocycles. The van der Waals surface area contributed by atoms with Gasteiger partial charge in [-0.05, 0) is 41.5 Å². The van der Waals surface area contributed by atoms with Crippen LogP contribution in [0.25, 0.3) is 0 Å². The fourth-order valence-corrected chi connectivity index (χ4v) is 3.51. The van der Waals surface area contributed by atoms with Gasteiger partial charge in [-0.3, -0.25) is 0 Å². The van der Waals surface area contributed by atoms with Gasteiger partial charge < -0.3 is 5.11 Å². The van der Waals surface area contributed by atoms with Crippen LogP contribution in [0.15, 0.2) is 49.8 Å². The molecule has 2 rings (SSSR count). The number of benzene rings is 2. The van der Waals surface area contributed by atoms with E-state index in [1.54, 1.807) is 12.1 Å². The Bertz CT molecular complexity index is 601. The molecule has 0 bridgehead atoms. The summed E-state index contributed by atoms with van der Waals surface area (Å²) in [6, 6.07) is 10.2. The molecule has 0 aliphatic heterocycles. The lowest BCUT2D eigenvalue weighted by atomic mass is 10.0. The van der Waals surface area contributed by atoms with Crippen molar-refractivity contribution in [1.29, 1.82) is 0 Å². The zero-order valence-corrected chi connectivity index (χ0v) is 14.5. The minimum absolute atomic E-state index is 0.228. The summed E-state index contributed by atoms with van der Waals surface area (Å²) in [7, 11) is 0. The van der Waals surface area contributed by atoms with Crippen LogP contribution in [-0.2, 0) is 6.42 Å². The fraction of sp³-hybridized carbons (Fsp3) is 0.143. The summed E-state index contributed by atoms with van der Waals surface area (Å²) in [5.74, 6) is -0.310. The monoisotopic (exact) mass is 450 g/mol. The second-order valence-electron chi connectivity index (χ2n) is 4.12. The standard InChI is InChI=1S/C14H10Br3FO/c15-9-2-4-13(18)8(5-9)6-14(19)11-3-1-10(16)7-12(11)17/h1-5,7,14,19H,6H2. The van der Waals surface area contributed by atoms with Gasteiger partial charge in [-0.1, -0.05) is 53.9 Å². The summed E-state index contributed by atoms with van der Waals surface area (Å²) < 4.78 is 16.2. The van der Waals surface area contributed by atoms with Gasteiger partial charge in [0.2, 0.25) is 0 Å². The van der Waals surface area contributed by atoms with E-state index in [0.717, 1.165) is 19.0 Å². The van der Waals surface area contributed by atoms with Crippen LogP contribution in [0.5, 0.6) is 0 Å². The Labute approximate surface area is 136 Å². The molecule has 1 N–H and O–H groups in total. The van der Waals surface area contributed by atoms with Gasteiger partial charge in [-0.2, -0.15) is 0 Å². The minimum Gasteiger partial charge on any atom is -0.388 e. The quantitative estimate of drug-likeness (QED) is 0.662. The Kier molecular flexibility index (Phi) is 5.17. The molecule has 0 saturated heterocycles. The molecular formula is C14H10Br3FO. The summed E-state index contributed by atoms with van der Waals surface area (Å²) in [5, 5.41) is 10.2. The van der Waals surface area contributed by atoms with Gasteiger partial charge in [0, 0.05) is 19.8 Å². The van der Waals surface area contributed by atoms with Crippen LogP contribution in [0.4, 0.5) is 4.39 Å². The van der Waals surface area contributed by atoms with Crippen LogP contribution in [0.2, 0.25) is 0 Å². The van der Waals surface area contributed by atoms with Crippen LogP contribution < -0.4 is 0 Å². The second-order valence-corrected chi connectivity index (χ2v) is 6.81. The molecule has 19 heavy (non-hydrogen) atoms. The first kappa shape index (κ1) is 15.2. The number of hydrogen-bond donors (Lipinski definition) is 1. The number of hydrogen-bond acceptors (Lipinski definition) is 1. The van der Waals surface area contributed by atoms with Gasteiger partial charge in [0.25, 0.3) is 0 Å². The van der Waals surface area contributed by atoms with Crippen LogP contribution in [0.3, 0.4) is 0 Å². The van der Waals surface area contributed by atoms with Crippen molar-refractivity contribution < 1.29 is 9.50 Å². The first-order chi connectivity index (χ1) is 8.97. The molecule has 0 saturated carbocycles. The molecule has 0 fully saturated rings. The van der Waals surface area contributed by atoms with E-state index in [1.807, 2.05) is 18.2 Å². The highest BCUT2D eigenvalue weighted by Crippen LogP contribution is 2.30. The van der Waals surface area contributed by atoms with Crippen LogP contribution >= 0.6 is 47.8 Å². The van der Waals surface area contributed by atoms with Crippen molar-refractivity contribution in [3.05, 3.63) is 66.8 Å². The maximum absolute atomic E-state index is 13.7. The Morgan fingerprint density at radius 3 is 2.32 bits per heavy atom. The summed E-state index contributed by atoms with van der Waals surface area (Å²) in [6.07, 6.45) is -0.530. The lowest BCUT2D eigenvalue weighted by molar-refractivity contribution is 0.176. The average Bonchev–Trinajstić information content (AvgIpc) is 2.33. The van der Waals surface area contributed by atoms with Gasteiger partial charge in [0.05, 0.1) is 6.10 Å². The van der Waals surface area contributed by atoms with Gasteiger partial charge >= 0.3 is 0 Å². The van der Waals surface area contributed by atoms with Crippen LogP contribution in [-0.4, -0.2) is 5.11 Å². The zero-order chi connectivity index (χ0) is 14.0. The maximum atomic E-state index is 13.7. The van der Waals surface area contributed by atoms with Gasteiger partial charge in [0.1, 0.15) is 5.82 Å². The molecule has 1 nitrogen and oxygen atoms in total. The van der Waals surface area contributed by atoms with E-state index in [4.69, 9.17) is 0 Å². The summed E-state index contributed by atoms with van der Waals surface area (Å²) in [6.45, 7) is 0. The number of aliphatic hydroxyl groups excluding tert-OH is 1. The zero-order valence-electron chi connectivity index (χ0n) is 9.71. The van der Waals surface area contributed by atoms with Gasteiger partial charge in [-0.25, -0.2) is 4.39 Å². The largest absolute Gasteiger partial charge is 0.388 e. The van der Waals surface area contributed by atoms with E-state index in [2.05, 4.69) is 47.8 Å². The average molecular weight is 453 g/mol. The SMILES string of the molecule is OC(Cc1cc(Br)ccc1F)c1ccc(Br)cc1Br. The predicted octanol–water partition coefficient (Wildman–Crippen LogP) is 5.39. The minimum atomic E-state index is -0.758. The van der Waals surface area contributed by atoms with Crippen molar-refractivity contribution in [3.63, 3.8) is 0 Å². The molecule has 0 radical (unpaired) electrons. The molecule has 1 unspecified atom stereocenters. The molecule has 100 valence electrons. The molecule has 2 aromatic rings. The highest BCUT2D eigenvalue weighted by atomic mass is 79.9. The lowest BCUT2D eigenvalue weighted by Crippen LogP contribution is -2.04. The van der Waals surface area contributed by atoms with Crippen molar-refractivity contribution in [1.82, 2.24) is 0 Å². The van der Waals surface area contributed by atoms with E-state index < -0.39 is 6.10 Å². The first-order valence-electron chi connectivity index (χ1n) is 5.54. The van der Waals surface area contributed by atoms with Crippen LogP contribution in [0.1, 0.15) is 17.2 Å². The molecular weight excluding hydrogens is 443 g/mol. The predicted molar refractivity (Wildman–Crippen MR) is 84.6 cm³/mol. The van der Waals surface area contributed by atoms with Crippen LogP contribution in [0, 0.1) is 5.82 Å². The van der Waals surface area contributed by atoms with Crippen molar-refractivity contribution in [2.45, 2.75) is 12.5 Å². The normalized spacial score (nSPS) is 12.5. The molecule has 0 aliphatic rings. The van der Waals surface area contributed by atoms with E-state index >= 15 is 0 Å². The molecule has 0 amide bonds. The second kappa shape index (κ2) is 6.48. The van der Waals surface area contributed by atoms with Crippen molar-refractivity contribution >= 4 is 47.8 Å². The molecule has 0 heterocycles. The van der Waals surface area contributed by atoms with E-state index in [-0.39, 0.29) is 12.2 Å². The van der Waals surface area contributed by atoms with E-state index in [9.17, 15) is 9.50 Å².